The van der Waals surface area contributed by atoms with Crippen LogP contribution in [0.2, 0.25) is 0 Å². The van der Waals surface area contributed by atoms with Gasteiger partial charge in [0.1, 0.15) is 11.5 Å². The average molecular weight is 267 g/mol. The van der Waals surface area contributed by atoms with Crippen LogP contribution >= 0.6 is 11.3 Å². The average Bonchev–Trinajstić information content (AvgIpc) is 3.03. The number of rotatable bonds is 1. The molecule has 94 valence electrons. The molecule has 19 heavy (non-hydrogen) atoms. The highest BCUT2D eigenvalue weighted by Gasteiger charge is 2.13. The van der Waals surface area contributed by atoms with Crippen molar-refractivity contribution < 1.29 is 0 Å². The van der Waals surface area contributed by atoms with E-state index in [4.69, 9.17) is 0 Å². The number of anilines is 1. The van der Waals surface area contributed by atoms with Crippen LogP contribution in [-0.4, -0.2) is 16.1 Å². The highest BCUT2D eigenvalue weighted by Crippen LogP contribution is 2.24. The Labute approximate surface area is 114 Å². The van der Waals surface area contributed by atoms with Crippen LogP contribution in [0.15, 0.2) is 35.8 Å². The molecule has 0 saturated heterocycles. The smallest absolute Gasteiger partial charge is 0.141 e. The van der Waals surface area contributed by atoms with E-state index in [0.717, 1.165) is 12.2 Å². The molecule has 4 heteroatoms. The standard InChI is InChI=1S/C15H13N3S/c1-17-14(9-12-3-2-6-16-15(12)17)18-7-4-11-5-8-19-13(11)10-18/h2-6,8-10H,7H2,1H3. The van der Waals surface area contributed by atoms with Crippen molar-refractivity contribution in [2.45, 2.75) is 0 Å². The van der Waals surface area contributed by atoms with Crippen molar-refractivity contribution in [2.75, 3.05) is 11.4 Å². The van der Waals surface area contributed by atoms with Crippen molar-refractivity contribution in [1.29, 1.82) is 0 Å². The minimum atomic E-state index is 0.911. The molecule has 0 N–H and O–H groups in total. The van der Waals surface area contributed by atoms with Crippen LogP contribution in [0.3, 0.4) is 0 Å². The Kier molecular flexibility index (Phi) is 2.26. The molecular weight excluding hydrogens is 254 g/mol. The Hall–Kier alpha value is -2.07. The molecule has 4 rings (SSSR count). The molecule has 0 bridgehead atoms. The van der Waals surface area contributed by atoms with Crippen molar-refractivity contribution in [3.05, 3.63) is 45.6 Å². The molecule has 1 aliphatic heterocycles. The number of nitrogens with zero attached hydrogens (tertiary/aromatic N) is 3. The van der Waals surface area contributed by atoms with E-state index in [1.807, 2.05) is 12.3 Å². The van der Waals surface area contributed by atoms with Crippen LogP contribution in [0.1, 0.15) is 0 Å². The molecule has 0 aliphatic carbocycles. The number of thiophene rings is 1. The van der Waals surface area contributed by atoms with Gasteiger partial charge in [-0.1, -0.05) is 6.08 Å². The van der Waals surface area contributed by atoms with Gasteiger partial charge in [-0.05, 0) is 34.9 Å². The molecule has 3 nitrogen and oxygen atoms in total. The highest BCUT2D eigenvalue weighted by molar-refractivity contribution is 7.07. The largest absolute Gasteiger partial charge is 0.329 e. The van der Waals surface area contributed by atoms with Crippen LogP contribution < -0.4 is 14.7 Å². The lowest BCUT2D eigenvalue weighted by atomic mass is 10.3. The lowest BCUT2D eigenvalue weighted by Gasteiger charge is -2.20. The van der Waals surface area contributed by atoms with E-state index < -0.39 is 0 Å². The number of aromatic nitrogens is 2. The molecule has 3 aromatic heterocycles. The monoisotopic (exact) mass is 267 g/mol. The first kappa shape index (κ1) is 10.8. The van der Waals surface area contributed by atoms with Crippen molar-refractivity contribution in [2.24, 2.45) is 7.05 Å². The van der Waals surface area contributed by atoms with Crippen molar-refractivity contribution in [1.82, 2.24) is 9.55 Å². The molecular formula is C15H13N3S. The Morgan fingerprint density at radius 1 is 1.32 bits per heavy atom. The molecule has 0 fully saturated rings. The van der Waals surface area contributed by atoms with Crippen molar-refractivity contribution in [3.8, 4) is 0 Å². The number of fused-ring (bicyclic) bond motifs is 2. The van der Waals surface area contributed by atoms with Gasteiger partial charge in [0.2, 0.25) is 0 Å². The third kappa shape index (κ3) is 1.60. The quantitative estimate of drug-likeness (QED) is 0.669. The van der Waals surface area contributed by atoms with E-state index in [2.05, 4.69) is 57.4 Å². The maximum Gasteiger partial charge on any atom is 0.141 e. The van der Waals surface area contributed by atoms with Gasteiger partial charge < -0.3 is 9.47 Å². The zero-order valence-corrected chi connectivity index (χ0v) is 11.4. The summed E-state index contributed by atoms with van der Waals surface area (Å²) in [6.07, 6.45) is 6.35. The summed E-state index contributed by atoms with van der Waals surface area (Å²) < 4.78 is 3.47. The highest BCUT2D eigenvalue weighted by atomic mass is 32.1. The molecule has 4 heterocycles. The first-order valence-corrected chi connectivity index (χ1v) is 7.13. The van der Waals surface area contributed by atoms with E-state index in [1.165, 1.54) is 21.0 Å². The number of aryl methyl sites for hydroxylation is 1. The summed E-state index contributed by atoms with van der Waals surface area (Å²) >= 11 is 1.78. The third-order valence-electron chi connectivity index (χ3n) is 3.57. The van der Waals surface area contributed by atoms with Gasteiger partial charge in [-0.2, -0.15) is 0 Å². The lowest BCUT2D eigenvalue weighted by Crippen LogP contribution is -2.32. The first-order valence-electron chi connectivity index (χ1n) is 6.25. The summed E-state index contributed by atoms with van der Waals surface area (Å²) in [6.45, 7) is 0.911. The minimum Gasteiger partial charge on any atom is -0.329 e. The minimum absolute atomic E-state index is 0.911. The fourth-order valence-corrected chi connectivity index (χ4v) is 3.41. The number of hydrogen-bond acceptors (Lipinski definition) is 3. The predicted molar refractivity (Wildman–Crippen MR) is 80.6 cm³/mol. The zero-order valence-electron chi connectivity index (χ0n) is 10.6. The predicted octanol–water partition coefficient (Wildman–Crippen LogP) is 1.67. The maximum absolute atomic E-state index is 4.45. The molecule has 1 aliphatic rings. The molecule has 0 saturated carbocycles. The summed E-state index contributed by atoms with van der Waals surface area (Å²) in [6, 6.07) is 8.47. The van der Waals surface area contributed by atoms with E-state index in [9.17, 15) is 0 Å². The van der Waals surface area contributed by atoms with Gasteiger partial charge in [0.15, 0.2) is 0 Å². The summed E-state index contributed by atoms with van der Waals surface area (Å²) in [7, 11) is 2.07. The van der Waals surface area contributed by atoms with Gasteiger partial charge >= 0.3 is 0 Å². The Morgan fingerprint density at radius 3 is 3.16 bits per heavy atom. The number of hydrogen-bond donors (Lipinski definition) is 0. The number of pyridine rings is 1. The van der Waals surface area contributed by atoms with Gasteiger partial charge in [0, 0.05) is 31.4 Å². The fraction of sp³-hybridized carbons (Fsp3) is 0.133. The topological polar surface area (TPSA) is 21.1 Å². The third-order valence-corrected chi connectivity index (χ3v) is 4.43. The van der Waals surface area contributed by atoms with E-state index in [0.29, 0.717) is 0 Å². The molecule has 0 aromatic carbocycles. The summed E-state index contributed by atoms with van der Waals surface area (Å²) in [5.41, 5.74) is 1.03. The zero-order chi connectivity index (χ0) is 12.8. The molecule has 0 unspecified atom stereocenters. The van der Waals surface area contributed by atoms with Crippen LogP contribution in [0.5, 0.6) is 0 Å². The Balaban J connectivity index is 1.90. The van der Waals surface area contributed by atoms with Gasteiger partial charge in [-0.25, -0.2) is 4.98 Å². The first-order chi connectivity index (χ1) is 9.33. The van der Waals surface area contributed by atoms with Crippen molar-refractivity contribution >= 4 is 40.5 Å². The molecule has 3 aromatic rings. The molecule has 0 atom stereocenters. The van der Waals surface area contributed by atoms with Gasteiger partial charge in [-0.3, -0.25) is 0 Å². The maximum atomic E-state index is 4.45. The van der Waals surface area contributed by atoms with Crippen LogP contribution in [-0.2, 0) is 7.05 Å². The van der Waals surface area contributed by atoms with Crippen LogP contribution in [0.4, 0.5) is 5.82 Å². The lowest BCUT2D eigenvalue weighted by molar-refractivity contribution is 0.913. The summed E-state index contributed by atoms with van der Waals surface area (Å²) in [5, 5.41) is 4.67. The van der Waals surface area contributed by atoms with Crippen LogP contribution in [0, 0.1) is 0 Å². The normalized spacial score (nSPS) is 14.1. The van der Waals surface area contributed by atoms with Crippen molar-refractivity contribution in [3.63, 3.8) is 0 Å². The second-order valence-corrected chi connectivity index (χ2v) is 5.65. The molecule has 0 spiro atoms. The van der Waals surface area contributed by atoms with Gasteiger partial charge in [0.25, 0.3) is 0 Å². The second-order valence-electron chi connectivity index (χ2n) is 4.70. The van der Waals surface area contributed by atoms with E-state index in [-0.39, 0.29) is 0 Å². The van der Waals surface area contributed by atoms with Crippen LogP contribution in [0.25, 0.3) is 23.3 Å². The van der Waals surface area contributed by atoms with Gasteiger partial charge in [0.05, 0.1) is 4.53 Å². The SMILES string of the molecule is Cn1c(N2C=c3sccc3=CC2)cc2cccnc21. The van der Waals surface area contributed by atoms with Gasteiger partial charge in [-0.15, -0.1) is 11.3 Å². The Morgan fingerprint density at radius 2 is 2.26 bits per heavy atom. The molecule has 0 radical (unpaired) electrons. The fourth-order valence-electron chi connectivity index (χ4n) is 2.58. The summed E-state index contributed by atoms with van der Waals surface area (Å²) in [5.74, 6) is 1.18. The Bertz CT molecular complexity index is 872. The van der Waals surface area contributed by atoms with E-state index >= 15 is 0 Å². The summed E-state index contributed by atoms with van der Waals surface area (Å²) in [4.78, 5) is 6.72. The second kappa shape index (κ2) is 3.96. The molecule has 0 amide bonds. The van der Waals surface area contributed by atoms with E-state index in [1.54, 1.807) is 11.3 Å².